The predicted molar refractivity (Wildman–Crippen MR) is 70.8 cm³/mol. The maximum atomic E-state index is 14.4. The minimum atomic E-state index is -6.65. The molecule has 2 rings (SSSR count). The Bertz CT molecular complexity index is 649. The lowest BCUT2D eigenvalue weighted by molar-refractivity contribution is -0.303. The first-order valence-electron chi connectivity index (χ1n) is 7.28. The number of hydrogen-bond donors (Lipinski definition) is 1. The number of halogens is 9. The van der Waals surface area contributed by atoms with Gasteiger partial charge in [-0.3, -0.25) is 0 Å². The maximum Gasteiger partial charge on any atom is 0.381 e. The highest BCUT2D eigenvalue weighted by atomic mass is 19.4. The molecule has 0 aromatic heterocycles. The first-order valence-corrected chi connectivity index (χ1v) is 7.28. The molecule has 1 fully saturated rings. The van der Waals surface area contributed by atoms with Crippen molar-refractivity contribution in [2.75, 3.05) is 6.61 Å². The number of rotatable bonds is 5. The van der Waals surface area contributed by atoms with Crippen LogP contribution in [0.15, 0.2) is 24.3 Å². The van der Waals surface area contributed by atoms with Crippen molar-refractivity contribution in [1.82, 2.24) is 0 Å². The molecule has 148 valence electrons. The number of aliphatic hydroxyl groups is 1. The van der Waals surface area contributed by atoms with Gasteiger partial charge < -0.3 is 9.84 Å². The van der Waals surface area contributed by atoms with Gasteiger partial charge in [-0.1, -0.05) is 12.1 Å². The molecule has 0 spiro atoms. The van der Waals surface area contributed by atoms with E-state index in [0.717, 1.165) is 12.1 Å². The van der Waals surface area contributed by atoms with Crippen LogP contribution in [-0.4, -0.2) is 41.1 Å². The second-order valence-corrected chi connectivity index (χ2v) is 5.82. The SMILES string of the molecule is CCOc1cccc(C(O)CC2(F)C(F)(F)C(F)(F)C(F)(F)C2(F)F)c1. The highest BCUT2D eigenvalue weighted by Crippen LogP contribution is 2.70. The summed E-state index contributed by atoms with van der Waals surface area (Å²) in [6.45, 7) is 1.69. The average molecular weight is 396 g/mol. The van der Waals surface area contributed by atoms with E-state index >= 15 is 0 Å². The van der Waals surface area contributed by atoms with Crippen LogP contribution in [0.3, 0.4) is 0 Å². The van der Waals surface area contributed by atoms with Crippen LogP contribution in [0.1, 0.15) is 25.0 Å². The van der Waals surface area contributed by atoms with Crippen molar-refractivity contribution in [3.8, 4) is 5.75 Å². The van der Waals surface area contributed by atoms with Gasteiger partial charge in [-0.15, -0.1) is 0 Å². The fourth-order valence-corrected chi connectivity index (χ4v) is 2.71. The number of ether oxygens (including phenoxy) is 1. The molecule has 0 aliphatic heterocycles. The van der Waals surface area contributed by atoms with E-state index < -0.39 is 47.4 Å². The quantitative estimate of drug-likeness (QED) is 0.727. The van der Waals surface area contributed by atoms with Crippen LogP contribution in [0.4, 0.5) is 39.5 Å². The summed E-state index contributed by atoms with van der Waals surface area (Å²) in [6.07, 6.45) is -4.88. The first kappa shape index (κ1) is 20.7. The third kappa shape index (κ3) is 2.39. The van der Waals surface area contributed by atoms with Gasteiger partial charge in [0.25, 0.3) is 5.67 Å². The Morgan fingerprint density at radius 3 is 1.85 bits per heavy atom. The molecule has 1 aromatic carbocycles. The van der Waals surface area contributed by atoms with Gasteiger partial charge in [0.15, 0.2) is 0 Å². The van der Waals surface area contributed by atoms with Crippen LogP contribution in [0, 0.1) is 0 Å². The van der Waals surface area contributed by atoms with E-state index in [0.29, 0.717) is 0 Å². The number of alkyl halides is 9. The smallest absolute Gasteiger partial charge is 0.381 e. The Kier molecular flexibility index (Phi) is 4.71. The number of aliphatic hydroxyl groups excluding tert-OH is 1. The molecule has 0 bridgehead atoms. The summed E-state index contributed by atoms with van der Waals surface area (Å²) in [5.74, 6) is -26.1. The summed E-state index contributed by atoms with van der Waals surface area (Å²) in [5.41, 5.74) is -6.13. The van der Waals surface area contributed by atoms with E-state index in [9.17, 15) is 44.6 Å². The molecule has 1 N–H and O–H groups in total. The molecule has 1 aromatic rings. The topological polar surface area (TPSA) is 29.5 Å². The number of hydrogen-bond acceptors (Lipinski definition) is 2. The molecule has 26 heavy (non-hydrogen) atoms. The fourth-order valence-electron chi connectivity index (χ4n) is 2.71. The van der Waals surface area contributed by atoms with Gasteiger partial charge >= 0.3 is 23.7 Å². The van der Waals surface area contributed by atoms with Gasteiger partial charge in [-0.05, 0) is 24.6 Å². The van der Waals surface area contributed by atoms with Crippen LogP contribution in [0.5, 0.6) is 5.75 Å². The molecule has 2 nitrogen and oxygen atoms in total. The van der Waals surface area contributed by atoms with Crippen molar-refractivity contribution < 1.29 is 49.4 Å². The third-order valence-corrected chi connectivity index (χ3v) is 4.21. The molecule has 1 aliphatic carbocycles. The second-order valence-electron chi connectivity index (χ2n) is 5.82. The molecule has 0 saturated heterocycles. The summed E-state index contributed by atoms with van der Waals surface area (Å²) in [4.78, 5) is 0. The molecule has 11 heteroatoms. The van der Waals surface area contributed by atoms with Crippen molar-refractivity contribution in [3.05, 3.63) is 29.8 Å². The zero-order valence-corrected chi connectivity index (χ0v) is 13.1. The van der Waals surface area contributed by atoms with Gasteiger partial charge in [0.05, 0.1) is 12.7 Å². The summed E-state index contributed by atoms with van der Waals surface area (Å²) < 4.78 is 127. The van der Waals surface area contributed by atoms with E-state index in [1.807, 2.05) is 0 Å². The lowest BCUT2D eigenvalue weighted by Gasteiger charge is -2.32. The molecule has 1 unspecified atom stereocenters. The molecule has 1 saturated carbocycles. The monoisotopic (exact) mass is 396 g/mol. The maximum absolute atomic E-state index is 14.4. The van der Waals surface area contributed by atoms with Crippen molar-refractivity contribution in [2.24, 2.45) is 0 Å². The highest BCUT2D eigenvalue weighted by molar-refractivity contribution is 5.32. The fraction of sp³-hybridized carbons (Fsp3) is 0.600. The lowest BCUT2D eigenvalue weighted by atomic mass is 9.88. The molecule has 0 radical (unpaired) electrons. The van der Waals surface area contributed by atoms with E-state index in [1.165, 1.54) is 12.1 Å². The van der Waals surface area contributed by atoms with Crippen molar-refractivity contribution in [3.63, 3.8) is 0 Å². The minimum absolute atomic E-state index is 0.0394. The van der Waals surface area contributed by atoms with Gasteiger partial charge in [-0.2, -0.15) is 35.1 Å². The summed E-state index contributed by atoms with van der Waals surface area (Å²) in [7, 11) is 0. The zero-order valence-electron chi connectivity index (χ0n) is 13.1. The molecular formula is C15H13F9O2. The molecule has 1 aliphatic rings. The Hall–Kier alpha value is -1.65. The normalized spacial score (nSPS) is 25.7. The van der Waals surface area contributed by atoms with Gasteiger partial charge in [0.1, 0.15) is 5.75 Å². The Labute approximate surface area is 141 Å². The highest BCUT2D eigenvalue weighted by Gasteiger charge is 3.00. The van der Waals surface area contributed by atoms with Crippen molar-refractivity contribution in [2.45, 2.75) is 48.8 Å². The minimum Gasteiger partial charge on any atom is -0.494 e. The van der Waals surface area contributed by atoms with Gasteiger partial charge in [-0.25, -0.2) is 4.39 Å². The largest absolute Gasteiger partial charge is 0.494 e. The van der Waals surface area contributed by atoms with Crippen LogP contribution in [-0.2, 0) is 0 Å². The third-order valence-electron chi connectivity index (χ3n) is 4.21. The van der Waals surface area contributed by atoms with Crippen LogP contribution in [0.25, 0.3) is 0 Å². The Morgan fingerprint density at radius 2 is 1.38 bits per heavy atom. The lowest BCUT2D eigenvalue weighted by Crippen LogP contribution is -2.55. The summed E-state index contributed by atoms with van der Waals surface area (Å²) in [6, 6.07) is 4.45. The van der Waals surface area contributed by atoms with Gasteiger partial charge in [0.2, 0.25) is 0 Å². The first-order chi connectivity index (χ1) is 11.7. The summed E-state index contributed by atoms with van der Waals surface area (Å²) >= 11 is 0. The zero-order chi connectivity index (χ0) is 20.2. The second kappa shape index (κ2) is 5.93. The number of benzene rings is 1. The van der Waals surface area contributed by atoms with Crippen LogP contribution >= 0.6 is 0 Å². The average Bonchev–Trinajstić information content (AvgIpc) is 2.58. The standard InChI is InChI=1S/C15H13F9O2/c1-2-26-9-5-3-4-8(6-9)10(25)7-11(16)12(17,18)14(21,22)15(23,24)13(11,19)20/h3-6,10,25H,2,7H2,1H3. The Morgan fingerprint density at radius 1 is 0.885 bits per heavy atom. The van der Waals surface area contributed by atoms with E-state index in [2.05, 4.69) is 0 Å². The van der Waals surface area contributed by atoms with Crippen molar-refractivity contribution in [1.29, 1.82) is 0 Å². The molecule has 0 heterocycles. The Balaban J connectivity index is 2.45. The van der Waals surface area contributed by atoms with Gasteiger partial charge in [0, 0.05) is 6.42 Å². The molecule has 1 atom stereocenters. The van der Waals surface area contributed by atoms with Crippen molar-refractivity contribution >= 4 is 0 Å². The predicted octanol–water partition coefficient (Wildman–Crippen LogP) is 4.77. The van der Waals surface area contributed by atoms with E-state index in [1.54, 1.807) is 6.92 Å². The molecule has 0 amide bonds. The molecular weight excluding hydrogens is 383 g/mol. The van der Waals surface area contributed by atoms with Crippen LogP contribution < -0.4 is 4.74 Å². The summed E-state index contributed by atoms with van der Waals surface area (Å²) in [5, 5.41) is 9.79. The van der Waals surface area contributed by atoms with E-state index in [4.69, 9.17) is 4.74 Å². The van der Waals surface area contributed by atoms with E-state index in [-0.39, 0.29) is 12.4 Å². The van der Waals surface area contributed by atoms with Crippen LogP contribution in [0.2, 0.25) is 0 Å².